The Bertz CT molecular complexity index is 1470. The number of ether oxygens (including phenoxy) is 6. The van der Waals surface area contributed by atoms with E-state index in [1.807, 2.05) is 81.9 Å². The van der Waals surface area contributed by atoms with E-state index in [1.165, 1.54) is 0 Å². The maximum Gasteiger partial charge on any atom is 0.320 e. The number of hydrogen-bond acceptors (Lipinski definition) is 18. The fourth-order valence-corrected chi connectivity index (χ4v) is 6.66. The second-order valence-electron chi connectivity index (χ2n) is 23.2. The highest BCUT2D eigenvalue weighted by molar-refractivity contribution is 5.76. The molecule has 1 fully saturated rings. The highest BCUT2D eigenvalue weighted by Gasteiger charge is 2.28. The van der Waals surface area contributed by atoms with Gasteiger partial charge in [-0.05, 0) is 125 Å². The van der Waals surface area contributed by atoms with Gasteiger partial charge in [0.25, 0.3) is 0 Å². The molecule has 1 aliphatic rings. The number of carbonyl (C=O) groups is 6. The highest BCUT2D eigenvalue weighted by Crippen LogP contribution is 2.14. The Kier molecular flexibility index (Phi) is 24.2. The predicted molar refractivity (Wildman–Crippen MR) is 254 cm³/mol. The van der Waals surface area contributed by atoms with E-state index in [9.17, 15) is 28.8 Å². The van der Waals surface area contributed by atoms with Crippen LogP contribution >= 0.6 is 0 Å². The molecule has 0 unspecified atom stereocenters. The predicted octanol–water partition coefficient (Wildman–Crippen LogP) is 3.86. The van der Waals surface area contributed by atoms with Crippen molar-refractivity contribution < 1.29 is 57.2 Å². The van der Waals surface area contributed by atoms with Crippen molar-refractivity contribution in [2.75, 3.05) is 118 Å². The molecule has 0 aliphatic carbocycles. The van der Waals surface area contributed by atoms with Crippen LogP contribution in [0.4, 0.5) is 0 Å². The molecular formula is C48H90N6O12. The summed E-state index contributed by atoms with van der Waals surface area (Å²) in [7, 11) is 0. The normalized spacial score (nSPS) is 16.5. The third kappa shape index (κ3) is 33.1. The lowest BCUT2D eigenvalue weighted by atomic mass is 10.2. The lowest BCUT2D eigenvalue weighted by Gasteiger charge is -2.35. The molecule has 0 N–H and O–H groups in total. The first kappa shape index (κ1) is 60.6. The molecule has 1 saturated heterocycles. The minimum Gasteiger partial charge on any atom is -0.459 e. The smallest absolute Gasteiger partial charge is 0.320 e. The number of nitrogens with zero attached hydrogens (tertiary/aromatic N) is 6. The van der Waals surface area contributed by atoms with Crippen molar-refractivity contribution in [3.05, 3.63) is 0 Å². The monoisotopic (exact) mass is 943 g/mol. The first-order chi connectivity index (χ1) is 29.8. The van der Waals surface area contributed by atoms with E-state index < -0.39 is 51.5 Å². The van der Waals surface area contributed by atoms with Crippen molar-refractivity contribution in [2.45, 2.75) is 158 Å². The van der Waals surface area contributed by atoms with Gasteiger partial charge in [-0.3, -0.25) is 58.2 Å². The van der Waals surface area contributed by atoms with Crippen molar-refractivity contribution in [3.63, 3.8) is 0 Å². The van der Waals surface area contributed by atoms with E-state index in [0.717, 1.165) is 0 Å². The SMILES string of the molecule is CC(C)(C)OC(=O)CN1CCN(CCN(CCN(CC(=O)OC(C)(C)C)CC(=O)OC(C)(C)C)CC(=O)OC(C)(C)C)CCN(CC(=O)OC(C)(C)C)CCN(CC(=O)OC(C)(C)C)CC1. The topological polar surface area (TPSA) is 177 Å². The fourth-order valence-electron chi connectivity index (χ4n) is 6.66. The summed E-state index contributed by atoms with van der Waals surface area (Å²) in [6.07, 6.45) is 0. The molecule has 0 atom stereocenters. The maximum atomic E-state index is 13.4. The quantitative estimate of drug-likeness (QED) is 0.143. The number of rotatable bonds is 18. The van der Waals surface area contributed by atoms with Gasteiger partial charge in [0.1, 0.15) is 33.6 Å². The van der Waals surface area contributed by atoms with Gasteiger partial charge in [-0.2, -0.15) is 0 Å². The van der Waals surface area contributed by atoms with Crippen LogP contribution in [-0.2, 0) is 57.2 Å². The minimum atomic E-state index is -0.732. The van der Waals surface area contributed by atoms with Crippen molar-refractivity contribution >= 4 is 35.8 Å². The number of hydrogen-bond donors (Lipinski definition) is 0. The Balaban J connectivity index is 3.57. The molecule has 1 heterocycles. The van der Waals surface area contributed by atoms with Gasteiger partial charge in [-0.15, -0.1) is 0 Å². The van der Waals surface area contributed by atoms with E-state index in [4.69, 9.17) is 28.4 Å². The first-order valence-corrected chi connectivity index (χ1v) is 23.5. The zero-order valence-corrected chi connectivity index (χ0v) is 44.3. The summed E-state index contributed by atoms with van der Waals surface area (Å²) in [6, 6.07) is 0. The summed E-state index contributed by atoms with van der Waals surface area (Å²) in [5.74, 6) is -2.52. The van der Waals surface area contributed by atoms with Crippen LogP contribution in [-0.4, -0.2) is 217 Å². The summed E-state index contributed by atoms with van der Waals surface area (Å²) >= 11 is 0. The van der Waals surface area contributed by atoms with Crippen molar-refractivity contribution in [2.24, 2.45) is 0 Å². The minimum absolute atomic E-state index is 0.0322. The first-order valence-electron chi connectivity index (χ1n) is 23.5. The van der Waals surface area contributed by atoms with Crippen molar-refractivity contribution in [1.82, 2.24) is 29.4 Å². The van der Waals surface area contributed by atoms with Gasteiger partial charge < -0.3 is 28.4 Å². The molecule has 0 aromatic carbocycles. The molecule has 0 bridgehead atoms. The molecule has 0 aromatic rings. The standard InChI is InChI=1S/C48H90N6O12/c1-43(2,3)61-37(55)31-50-22-19-49(20-23-51(32-38(56)62-44(4,5)6)26-28-53(27-25-50)34-40(58)64-46(10,11)12)21-24-52(33-39(57)63-45(7,8)9)29-30-54(35-41(59)65-47(13,14)15)36-42(60)66-48(16,17)18/h19-36H2,1-18H3. The molecule has 18 nitrogen and oxygen atoms in total. The summed E-state index contributed by atoms with van der Waals surface area (Å²) in [6.45, 7) is 37.3. The number of esters is 6. The highest BCUT2D eigenvalue weighted by atomic mass is 16.6. The van der Waals surface area contributed by atoms with Crippen LogP contribution in [0.3, 0.4) is 0 Å². The summed E-state index contributed by atoms with van der Waals surface area (Å²) in [5, 5.41) is 0. The molecule has 1 aliphatic heterocycles. The van der Waals surface area contributed by atoms with Gasteiger partial charge in [0.15, 0.2) is 0 Å². The molecular weight excluding hydrogens is 853 g/mol. The molecule has 0 radical (unpaired) electrons. The van der Waals surface area contributed by atoms with Gasteiger partial charge in [0.2, 0.25) is 0 Å². The van der Waals surface area contributed by atoms with Gasteiger partial charge in [0.05, 0.1) is 39.3 Å². The molecule has 0 aromatic heterocycles. The third-order valence-electron chi connectivity index (χ3n) is 9.03. The number of carbonyl (C=O) groups excluding carboxylic acids is 6. The van der Waals surface area contributed by atoms with E-state index in [-0.39, 0.29) is 63.7 Å². The molecule has 66 heavy (non-hydrogen) atoms. The zero-order valence-electron chi connectivity index (χ0n) is 44.3. The van der Waals surface area contributed by atoms with Gasteiger partial charge >= 0.3 is 35.8 Å². The lowest BCUT2D eigenvalue weighted by Crippen LogP contribution is -2.50. The van der Waals surface area contributed by atoms with Crippen LogP contribution in [0.5, 0.6) is 0 Å². The van der Waals surface area contributed by atoms with E-state index in [1.54, 1.807) is 67.2 Å². The lowest BCUT2D eigenvalue weighted by molar-refractivity contribution is -0.161. The Hall–Kier alpha value is -3.42. The van der Waals surface area contributed by atoms with Crippen LogP contribution in [0.2, 0.25) is 0 Å². The summed E-state index contributed by atoms with van der Waals surface area (Å²) in [4.78, 5) is 90.9. The van der Waals surface area contributed by atoms with E-state index in [2.05, 4.69) is 4.90 Å². The summed E-state index contributed by atoms with van der Waals surface area (Å²) in [5.41, 5.74) is -4.21. The molecule has 0 spiro atoms. The van der Waals surface area contributed by atoms with Crippen LogP contribution in [0.25, 0.3) is 0 Å². The van der Waals surface area contributed by atoms with Gasteiger partial charge in [-0.1, -0.05) is 0 Å². The average molecular weight is 943 g/mol. The molecule has 0 saturated carbocycles. The molecule has 384 valence electrons. The van der Waals surface area contributed by atoms with Crippen LogP contribution in [0, 0.1) is 0 Å². The Morgan fingerprint density at radius 3 is 0.788 bits per heavy atom. The zero-order chi connectivity index (χ0) is 50.9. The van der Waals surface area contributed by atoms with Gasteiger partial charge in [0, 0.05) is 78.5 Å². The van der Waals surface area contributed by atoms with Crippen molar-refractivity contribution in [1.29, 1.82) is 0 Å². The van der Waals surface area contributed by atoms with E-state index >= 15 is 0 Å². The third-order valence-corrected chi connectivity index (χ3v) is 9.03. The Labute approximate surface area is 397 Å². The Morgan fingerprint density at radius 1 is 0.318 bits per heavy atom. The van der Waals surface area contributed by atoms with Crippen LogP contribution in [0.1, 0.15) is 125 Å². The Morgan fingerprint density at radius 2 is 0.530 bits per heavy atom. The maximum absolute atomic E-state index is 13.4. The van der Waals surface area contributed by atoms with E-state index in [0.29, 0.717) is 72.0 Å². The fraction of sp³-hybridized carbons (Fsp3) is 0.875. The largest absolute Gasteiger partial charge is 0.459 e. The van der Waals surface area contributed by atoms with Gasteiger partial charge in [-0.25, -0.2) is 0 Å². The second kappa shape index (κ2) is 26.4. The second-order valence-corrected chi connectivity index (χ2v) is 23.2. The van der Waals surface area contributed by atoms with Crippen molar-refractivity contribution in [3.8, 4) is 0 Å². The van der Waals surface area contributed by atoms with Crippen LogP contribution < -0.4 is 0 Å². The molecule has 18 heteroatoms. The van der Waals surface area contributed by atoms with Crippen LogP contribution in [0.15, 0.2) is 0 Å². The molecule has 0 amide bonds. The average Bonchev–Trinajstić information content (AvgIpc) is 3.04. The molecule has 1 rings (SSSR count). The summed E-state index contributed by atoms with van der Waals surface area (Å²) < 4.78 is 34.0.